The fraction of sp³-hybridized carbons (Fsp3) is 0.417. The van der Waals surface area contributed by atoms with Crippen molar-refractivity contribution < 1.29 is 22.4 Å². The standard InChI is InChI=1S/C12H12F4N2O/c13-9-2-1-8(10(5-9)12(14,15)16)7-18-4-3-17-6-11(18)19/h1-2,5,17H,3-4,6-7H2. The molecule has 0 spiro atoms. The van der Waals surface area contributed by atoms with Gasteiger partial charge in [-0.1, -0.05) is 6.07 Å². The van der Waals surface area contributed by atoms with E-state index in [9.17, 15) is 22.4 Å². The lowest BCUT2D eigenvalue weighted by Gasteiger charge is -2.28. The van der Waals surface area contributed by atoms with Gasteiger partial charge in [-0.25, -0.2) is 4.39 Å². The van der Waals surface area contributed by atoms with Gasteiger partial charge in [0.25, 0.3) is 0 Å². The molecule has 1 N–H and O–H groups in total. The van der Waals surface area contributed by atoms with Crippen LogP contribution in [0, 0.1) is 5.82 Å². The molecular formula is C12H12F4N2O. The molecule has 0 aromatic heterocycles. The molecule has 1 amide bonds. The van der Waals surface area contributed by atoms with Crippen LogP contribution < -0.4 is 5.32 Å². The lowest BCUT2D eigenvalue weighted by molar-refractivity contribution is -0.140. The van der Waals surface area contributed by atoms with Crippen LogP contribution in [-0.2, 0) is 17.5 Å². The molecule has 2 rings (SSSR count). The number of benzene rings is 1. The highest BCUT2D eigenvalue weighted by atomic mass is 19.4. The van der Waals surface area contributed by atoms with Crippen molar-refractivity contribution in [3.8, 4) is 0 Å². The Morgan fingerprint density at radius 1 is 1.32 bits per heavy atom. The van der Waals surface area contributed by atoms with E-state index < -0.39 is 17.6 Å². The third kappa shape index (κ3) is 3.23. The first-order valence-corrected chi connectivity index (χ1v) is 5.72. The lowest BCUT2D eigenvalue weighted by Crippen LogP contribution is -2.47. The van der Waals surface area contributed by atoms with Gasteiger partial charge in [0, 0.05) is 19.6 Å². The van der Waals surface area contributed by atoms with Gasteiger partial charge < -0.3 is 10.2 Å². The van der Waals surface area contributed by atoms with Crippen LogP contribution in [0.15, 0.2) is 18.2 Å². The largest absolute Gasteiger partial charge is 0.416 e. The number of halogens is 4. The lowest BCUT2D eigenvalue weighted by atomic mass is 10.1. The summed E-state index contributed by atoms with van der Waals surface area (Å²) in [6, 6.07) is 2.51. The van der Waals surface area contributed by atoms with Gasteiger partial charge in [-0.05, 0) is 17.7 Å². The third-order valence-electron chi connectivity index (χ3n) is 2.93. The summed E-state index contributed by atoms with van der Waals surface area (Å²) in [7, 11) is 0. The van der Waals surface area contributed by atoms with E-state index in [1.54, 1.807) is 0 Å². The van der Waals surface area contributed by atoms with Crippen LogP contribution in [0.1, 0.15) is 11.1 Å². The van der Waals surface area contributed by atoms with Crippen molar-refractivity contribution in [1.82, 2.24) is 10.2 Å². The topological polar surface area (TPSA) is 32.3 Å². The molecule has 104 valence electrons. The second kappa shape index (κ2) is 5.16. The minimum absolute atomic E-state index is 0.0934. The number of carbonyl (C=O) groups is 1. The van der Waals surface area contributed by atoms with Gasteiger partial charge in [0.2, 0.25) is 5.91 Å². The maximum Gasteiger partial charge on any atom is 0.416 e. The van der Waals surface area contributed by atoms with E-state index >= 15 is 0 Å². The maximum absolute atomic E-state index is 12.9. The van der Waals surface area contributed by atoms with Gasteiger partial charge in [0.15, 0.2) is 0 Å². The average Bonchev–Trinajstić information content (AvgIpc) is 2.33. The van der Waals surface area contributed by atoms with Crippen molar-refractivity contribution in [3.05, 3.63) is 35.1 Å². The SMILES string of the molecule is O=C1CNCCN1Cc1ccc(F)cc1C(F)(F)F. The maximum atomic E-state index is 12.9. The van der Waals surface area contributed by atoms with Gasteiger partial charge in [-0.15, -0.1) is 0 Å². The molecule has 1 heterocycles. The molecule has 0 bridgehead atoms. The molecule has 1 aliphatic heterocycles. The highest BCUT2D eigenvalue weighted by Crippen LogP contribution is 2.33. The number of rotatable bonds is 2. The Balaban J connectivity index is 2.27. The number of piperazine rings is 1. The summed E-state index contributed by atoms with van der Waals surface area (Å²) in [5, 5.41) is 2.83. The van der Waals surface area contributed by atoms with E-state index in [2.05, 4.69) is 5.32 Å². The molecular weight excluding hydrogens is 264 g/mol. The van der Waals surface area contributed by atoms with E-state index in [1.807, 2.05) is 0 Å². The Labute approximate surface area is 107 Å². The van der Waals surface area contributed by atoms with E-state index in [-0.39, 0.29) is 24.6 Å². The first kappa shape index (κ1) is 13.8. The van der Waals surface area contributed by atoms with Crippen molar-refractivity contribution in [2.75, 3.05) is 19.6 Å². The van der Waals surface area contributed by atoms with E-state index in [4.69, 9.17) is 0 Å². The molecule has 1 aromatic rings. The quantitative estimate of drug-likeness (QED) is 0.835. The van der Waals surface area contributed by atoms with Gasteiger partial charge >= 0.3 is 6.18 Å². The van der Waals surface area contributed by atoms with Crippen molar-refractivity contribution in [2.24, 2.45) is 0 Å². The first-order chi connectivity index (χ1) is 8.88. The molecule has 0 aliphatic carbocycles. The van der Waals surface area contributed by atoms with Crippen LogP contribution in [0.25, 0.3) is 0 Å². The Morgan fingerprint density at radius 2 is 2.05 bits per heavy atom. The second-order valence-corrected chi connectivity index (χ2v) is 4.29. The number of hydrogen-bond donors (Lipinski definition) is 1. The summed E-state index contributed by atoms with van der Waals surface area (Å²) in [5.74, 6) is -1.20. The van der Waals surface area contributed by atoms with E-state index in [0.29, 0.717) is 19.2 Å². The van der Waals surface area contributed by atoms with Gasteiger partial charge in [0.1, 0.15) is 5.82 Å². The molecule has 0 unspecified atom stereocenters. The summed E-state index contributed by atoms with van der Waals surface area (Å²) >= 11 is 0. The number of carbonyl (C=O) groups excluding carboxylic acids is 1. The van der Waals surface area contributed by atoms with Crippen LogP contribution in [0.3, 0.4) is 0 Å². The van der Waals surface area contributed by atoms with Gasteiger partial charge in [-0.2, -0.15) is 13.2 Å². The molecule has 0 atom stereocenters. The number of alkyl halides is 3. The molecule has 1 fully saturated rings. The molecule has 3 nitrogen and oxygen atoms in total. The van der Waals surface area contributed by atoms with Crippen LogP contribution in [-0.4, -0.2) is 30.4 Å². The summed E-state index contributed by atoms with van der Waals surface area (Å²) < 4.78 is 51.3. The highest BCUT2D eigenvalue weighted by molar-refractivity contribution is 5.79. The zero-order valence-electron chi connectivity index (χ0n) is 9.93. The van der Waals surface area contributed by atoms with Gasteiger partial charge in [-0.3, -0.25) is 4.79 Å². The van der Waals surface area contributed by atoms with Crippen LogP contribution in [0.2, 0.25) is 0 Å². The molecule has 7 heteroatoms. The zero-order chi connectivity index (χ0) is 14.0. The summed E-state index contributed by atoms with van der Waals surface area (Å²) in [5.41, 5.74) is -1.12. The Kier molecular flexibility index (Phi) is 3.75. The normalized spacial score (nSPS) is 16.8. The first-order valence-electron chi connectivity index (χ1n) is 5.72. The predicted molar refractivity (Wildman–Crippen MR) is 59.7 cm³/mol. The van der Waals surface area contributed by atoms with Gasteiger partial charge in [0.05, 0.1) is 12.1 Å². The van der Waals surface area contributed by atoms with Crippen molar-refractivity contribution in [2.45, 2.75) is 12.7 Å². The zero-order valence-corrected chi connectivity index (χ0v) is 9.93. The van der Waals surface area contributed by atoms with Crippen LogP contribution >= 0.6 is 0 Å². The monoisotopic (exact) mass is 276 g/mol. The summed E-state index contributed by atoms with van der Waals surface area (Å²) in [6.07, 6.45) is -4.63. The minimum Gasteiger partial charge on any atom is -0.336 e. The second-order valence-electron chi connectivity index (χ2n) is 4.29. The summed E-state index contributed by atoms with van der Waals surface area (Å²) in [6.45, 7) is 0.833. The number of hydrogen-bond acceptors (Lipinski definition) is 2. The average molecular weight is 276 g/mol. The minimum atomic E-state index is -4.63. The Hall–Kier alpha value is -1.63. The van der Waals surface area contributed by atoms with E-state index in [1.165, 1.54) is 4.90 Å². The van der Waals surface area contributed by atoms with Crippen LogP contribution in [0.5, 0.6) is 0 Å². The molecule has 0 saturated carbocycles. The third-order valence-corrected chi connectivity index (χ3v) is 2.93. The fourth-order valence-corrected chi connectivity index (χ4v) is 1.97. The van der Waals surface area contributed by atoms with Crippen molar-refractivity contribution in [1.29, 1.82) is 0 Å². The molecule has 1 aromatic carbocycles. The van der Waals surface area contributed by atoms with E-state index in [0.717, 1.165) is 12.1 Å². The fourth-order valence-electron chi connectivity index (χ4n) is 1.97. The number of nitrogens with zero attached hydrogens (tertiary/aromatic N) is 1. The summed E-state index contributed by atoms with van der Waals surface area (Å²) in [4.78, 5) is 12.9. The van der Waals surface area contributed by atoms with Crippen LogP contribution in [0.4, 0.5) is 17.6 Å². The molecule has 1 saturated heterocycles. The molecule has 19 heavy (non-hydrogen) atoms. The number of nitrogens with one attached hydrogen (secondary N) is 1. The Morgan fingerprint density at radius 3 is 2.68 bits per heavy atom. The van der Waals surface area contributed by atoms with Crippen molar-refractivity contribution in [3.63, 3.8) is 0 Å². The highest BCUT2D eigenvalue weighted by Gasteiger charge is 2.34. The molecule has 1 aliphatic rings. The number of amides is 1. The van der Waals surface area contributed by atoms with Crippen molar-refractivity contribution >= 4 is 5.91 Å². The molecule has 0 radical (unpaired) electrons. The smallest absolute Gasteiger partial charge is 0.336 e. The Bertz CT molecular complexity index is 487. The predicted octanol–water partition coefficient (Wildman–Crippen LogP) is 1.78.